The van der Waals surface area contributed by atoms with Gasteiger partial charge in [0.05, 0.1) is 12.1 Å². The van der Waals surface area contributed by atoms with Crippen molar-refractivity contribution >= 4 is 11.6 Å². The van der Waals surface area contributed by atoms with Crippen molar-refractivity contribution in [1.82, 2.24) is 4.90 Å². The van der Waals surface area contributed by atoms with Crippen LogP contribution in [0.3, 0.4) is 0 Å². The van der Waals surface area contributed by atoms with E-state index in [1.54, 1.807) is 13.2 Å². The Kier molecular flexibility index (Phi) is 4.00. The summed E-state index contributed by atoms with van der Waals surface area (Å²) < 4.78 is 5.20. The molecule has 1 aromatic carbocycles. The first kappa shape index (κ1) is 13.5. The number of likely N-dealkylation sites (tertiary alicyclic amines) is 1. The molecule has 100 valence electrons. The number of aromatic hydroxyl groups is 1. The molecule has 5 heteroatoms. The highest BCUT2D eigenvalue weighted by Crippen LogP contribution is 2.42. The fraction of sp³-hybridized carbons (Fsp3) is 0.538. The summed E-state index contributed by atoms with van der Waals surface area (Å²) in [7, 11) is 3.63. The predicted octanol–water partition coefficient (Wildman–Crippen LogP) is 2.01. The standard InChI is InChI=1S/C13H19ClN2O2/c1-16-7-8(6-15)3-12(16)10-4-9(18-2)5-11(14)13(10)17/h4-5,8,12,17H,3,6-7,15H2,1-2H3. The van der Waals surface area contributed by atoms with Crippen molar-refractivity contribution in [3.8, 4) is 11.5 Å². The molecule has 1 heterocycles. The number of hydrogen-bond acceptors (Lipinski definition) is 4. The number of ether oxygens (including phenoxy) is 1. The smallest absolute Gasteiger partial charge is 0.139 e. The van der Waals surface area contributed by atoms with Gasteiger partial charge in [-0.2, -0.15) is 0 Å². The molecule has 2 rings (SSSR count). The summed E-state index contributed by atoms with van der Waals surface area (Å²) in [6.45, 7) is 1.61. The van der Waals surface area contributed by atoms with Gasteiger partial charge in [-0.15, -0.1) is 0 Å². The van der Waals surface area contributed by atoms with Crippen molar-refractivity contribution in [2.45, 2.75) is 12.5 Å². The Bertz CT molecular complexity index is 439. The molecule has 2 atom stereocenters. The zero-order chi connectivity index (χ0) is 13.3. The number of hydrogen-bond donors (Lipinski definition) is 2. The van der Waals surface area contributed by atoms with E-state index < -0.39 is 0 Å². The van der Waals surface area contributed by atoms with Crippen molar-refractivity contribution in [3.63, 3.8) is 0 Å². The van der Waals surface area contributed by atoms with Crippen LogP contribution in [0.2, 0.25) is 5.02 Å². The van der Waals surface area contributed by atoms with Gasteiger partial charge in [0.25, 0.3) is 0 Å². The zero-order valence-corrected chi connectivity index (χ0v) is 11.4. The van der Waals surface area contributed by atoms with E-state index in [0.29, 0.717) is 23.2 Å². The largest absolute Gasteiger partial charge is 0.506 e. The van der Waals surface area contributed by atoms with Crippen LogP contribution in [0, 0.1) is 5.92 Å². The maximum atomic E-state index is 10.1. The second kappa shape index (κ2) is 5.34. The van der Waals surface area contributed by atoms with E-state index in [1.165, 1.54) is 0 Å². The molecule has 0 radical (unpaired) electrons. The van der Waals surface area contributed by atoms with Crippen molar-refractivity contribution in [3.05, 3.63) is 22.7 Å². The highest BCUT2D eigenvalue weighted by molar-refractivity contribution is 6.32. The van der Waals surface area contributed by atoms with Gasteiger partial charge in [-0.05, 0) is 32.0 Å². The summed E-state index contributed by atoms with van der Waals surface area (Å²) in [4.78, 5) is 2.20. The van der Waals surface area contributed by atoms with Crippen LogP contribution in [0.15, 0.2) is 12.1 Å². The average Bonchev–Trinajstić information content (AvgIpc) is 2.74. The summed E-state index contributed by atoms with van der Waals surface area (Å²) in [6.07, 6.45) is 0.935. The van der Waals surface area contributed by atoms with Crippen molar-refractivity contribution in [2.24, 2.45) is 11.7 Å². The second-order valence-corrected chi connectivity index (χ2v) is 5.25. The molecule has 1 aromatic rings. The van der Waals surface area contributed by atoms with Gasteiger partial charge in [-0.1, -0.05) is 11.6 Å². The number of halogens is 1. The molecule has 0 spiro atoms. The molecular formula is C13H19ClN2O2. The molecule has 18 heavy (non-hydrogen) atoms. The number of methoxy groups -OCH3 is 1. The van der Waals surface area contributed by atoms with Crippen LogP contribution in [0.1, 0.15) is 18.0 Å². The molecule has 1 aliphatic heterocycles. The molecule has 0 bridgehead atoms. The van der Waals surface area contributed by atoms with Crippen LogP contribution in [-0.4, -0.2) is 37.3 Å². The summed E-state index contributed by atoms with van der Waals surface area (Å²) in [5.41, 5.74) is 6.54. The molecule has 0 amide bonds. The van der Waals surface area contributed by atoms with Gasteiger partial charge in [-0.3, -0.25) is 4.90 Å². The minimum atomic E-state index is 0.145. The van der Waals surface area contributed by atoms with E-state index in [1.807, 2.05) is 13.1 Å². The minimum absolute atomic E-state index is 0.145. The summed E-state index contributed by atoms with van der Waals surface area (Å²) in [6, 6.07) is 3.61. The van der Waals surface area contributed by atoms with Crippen molar-refractivity contribution < 1.29 is 9.84 Å². The molecule has 1 saturated heterocycles. The molecule has 1 fully saturated rings. The first-order valence-corrected chi connectivity index (χ1v) is 6.41. The number of benzene rings is 1. The highest BCUT2D eigenvalue weighted by atomic mass is 35.5. The molecule has 2 unspecified atom stereocenters. The van der Waals surface area contributed by atoms with Gasteiger partial charge >= 0.3 is 0 Å². The average molecular weight is 271 g/mol. The van der Waals surface area contributed by atoms with Gasteiger partial charge in [0, 0.05) is 24.2 Å². The van der Waals surface area contributed by atoms with E-state index in [-0.39, 0.29) is 11.8 Å². The van der Waals surface area contributed by atoms with Gasteiger partial charge < -0.3 is 15.6 Å². The van der Waals surface area contributed by atoms with Gasteiger partial charge in [-0.25, -0.2) is 0 Å². The van der Waals surface area contributed by atoms with Gasteiger partial charge in [0.1, 0.15) is 11.5 Å². The Hall–Kier alpha value is -0.970. The van der Waals surface area contributed by atoms with Crippen LogP contribution in [-0.2, 0) is 0 Å². The van der Waals surface area contributed by atoms with Crippen LogP contribution in [0.4, 0.5) is 0 Å². The first-order chi connectivity index (χ1) is 8.56. The predicted molar refractivity (Wildman–Crippen MR) is 72.2 cm³/mol. The Morgan fingerprint density at radius 3 is 2.83 bits per heavy atom. The SMILES string of the molecule is COc1cc(Cl)c(O)c(C2CC(CN)CN2C)c1. The minimum Gasteiger partial charge on any atom is -0.506 e. The molecule has 0 saturated carbocycles. The lowest BCUT2D eigenvalue weighted by atomic mass is 9.99. The molecule has 1 aliphatic rings. The quantitative estimate of drug-likeness (QED) is 0.882. The number of phenolic OH excluding ortho intramolecular Hbond substituents is 1. The number of nitrogens with two attached hydrogens (primary N) is 1. The Labute approximate surface area is 112 Å². The van der Waals surface area contributed by atoms with Gasteiger partial charge in [0.2, 0.25) is 0 Å². The molecule has 3 N–H and O–H groups in total. The van der Waals surface area contributed by atoms with Gasteiger partial charge in [0.15, 0.2) is 0 Å². The second-order valence-electron chi connectivity index (χ2n) is 4.84. The summed E-state index contributed by atoms with van der Waals surface area (Å²) >= 11 is 6.02. The maximum Gasteiger partial charge on any atom is 0.139 e. The Balaban J connectivity index is 2.35. The molecule has 4 nitrogen and oxygen atoms in total. The van der Waals surface area contributed by atoms with Crippen molar-refractivity contribution in [2.75, 3.05) is 27.2 Å². The maximum absolute atomic E-state index is 10.1. The lowest BCUT2D eigenvalue weighted by Gasteiger charge is -2.21. The van der Waals surface area contributed by atoms with Crippen LogP contribution < -0.4 is 10.5 Å². The summed E-state index contributed by atoms with van der Waals surface area (Å²) in [5.74, 6) is 1.27. The lowest BCUT2D eigenvalue weighted by molar-refractivity contribution is 0.304. The fourth-order valence-corrected chi connectivity index (χ4v) is 2.82. The number of rotatable bonds is 3. The lowest BCUT2D eigenvalue weighted by Crippen LogP contribution is -2.20. The monoisotopic (exact) mass is 270 g/mol. The third-order valence-electron chi connectivity index (χ3n) is 3.63. The molecular weight excluding hydrogens is 252 g/mol. The highest BCUT2D eigenvalue weighted by Gasteiger charge is 2.32. The van der Waals surface area contributed by atoms with Crippen LogP contribution >= 0.6 is 11.6 Å². The zero-order valence-electron chi connectivity index (χ0n) is 10.7. The van der Waals surface area contributed by atoms with E-state index >= 15 is 0 Å². The normalized spacial score (nSPS) is 24.4. The third kappa shape index (κ3) is 2.41. The molecule has 0 aromatic heterocycles. The van der Waals surface area contributed by atoms with E-state index in [0.717, 1.165) is 18.5 Å². The van der Waals surface area contributed by atoms with E-state index in [9.17, 15) is 5.11 Å². The van der Waals surface area contributed by atoms with E-state index in [2.05, 4.69) is 4.90 Å². The number of nitrogens with zero attached hydrogens (tertiary/aromatic N) is 1. The first-order valence-electron chi connectivity index (χ1n) is 6.03. The third-order valence-corrected chi connectivity index (χ3v) is 3.92. The van der Waals surface area contributed by atoms with E-state index in [4.69, 9.17) is 22.1 Å². The number of phenols is 1. The Morgan fingerprint density at radius 2 is 2.28 bits per heavy atom. The summed E-state index contributed by atoms with van der Waals surface area (Å²) in [5, 5.41) is 10.4. The van der Waals surface area contributed by atoms with Crippen LogP contribution in [0.5, 0.6) is 11.5 Å². The fourth-order valence-electron chi connectivity index (χ4n) is 2.61. The topological polar surface area (TPSA) is 58.7 Å². The van der Waals surface area contributed by atoms with Crippen LogP contribution in [0.25, 0.3) is 0 Å². The molecule has 0 aliphatic carbocycles. The van der Waals surface area contributed by atoms with Crippen molar-refractivity contribution in [1.29, 1.82) is 0 Å². The Morgan fingerprint density at radius 1 is 1.56 bits per heavy atom.